The zero-order chi connectivity index (χ0) is 13.4. The topological polar surface area (TPSA) is 69.1 Å². The maximum Gasteiger partial charge on any atom is 0.198 e. The van der Waals surface area contributed by atoms with Crippen molar-refractivity contribution in [1.82, 2.24) is 4.98 Å². The highest BCUT2D eigenvalue weighted by Crippen LogP contribution is 2.35. The Morgan fingerprint density at radius 1 is 1.32 bits per heavy atom. The average molecular weight is 258 g/mol. The molecule has 0 atom stereocenters. The molecule has 0 spiro atoms. The van der Waals surface area contributed by atoms with E-state index in [9.17, 15) is 4.79 Å². The first-order valence-electron chi connectivity index (χ1n) is 6.86. The third-order valence-electron chi connectivity index (χ3n) is 3.90. The van der Waals surface area contributed by atoms with E-state index in [0.717, 1.165) is 18.7 Å². The molecule has 3 rings (SSSR count). The monoisotopic (exact) mass is 258 g/mol. The third kappa shape index (κ3) is 2.23. The normalized spacial score (nSPS) is 16.9. The van der Waals surface area contributed by atoms with Gasteiger partial charge in [0.25, 0.3) is 0 Å². The maximum absolute atomic E-state index is 11.4. The van der Waals surface area contributed by atoms with Gasteiger partial charge in [0.05, 0.1) is 5.69 Å². The second-order valence-corrected chi connectivity index (χ2v) is 5.36. The number of nitrogen functional groups attached to an aromatic ring is 1. The predicted molar refractivity (Wildman–Crippen MR) is 74.3 cm³/mol. The van der Waals surface area contributed by atoms with E-state index in [-0.39, 0.29) is 5.78 Å². The Kier molecular flexibility index (Phi) is 3.01. The van der Waals surface area contributed by atoms with Gasteiger partial charge >= 0.3 is 0 Å². The summed E-state index contributed by atoms with van der Waals surface area (Å²) >= 11 is 0. The summed E-state index contributed by atoms with van der Waals surface area (Å²) in [6, 6.07) is 3.43. The number of oxazole rings is 1. The van der Waals surface area contributed by atoms with Crippen molar-refractivity contribution in [1.29, 1.82) is 0 Å². The highest BCUT2D eigenvalue weighted by atomic mass is 16.3. The molecule has 0 radical (unpaired) electrons. The Morgan fingerprint density at radius 2 is 2.05 bits per heavy atom. The Hall–Kier alpha value is -1.84. The average Bonchev–Trinajstić information content (AvgIpc) is 2.84. The number of nitrogens with zero attached hydrogens (tertiary/aromatic N) is 1. The molecule has 0 saturated heterocycles. The van der Waals surface area contributed by atoms with Crippen LogP contribution in [0.15, 0.2) is 16.5 Å². The Morgan fingerprint density at radius 3 is 2.74 bits per heavy atom. The van der Waals surface area contributed by atoms with Gasteiger partial charge in [0, 0.05) is 11.5 Å². The summed E-state index contributed by atoms with van der Waals surface area (Å²) in [6.45, 7) is 1.53. The zero-order valence-corrected chi connectivity index (χ0v) is 11.1. The van der Waals surface area contributed by atoms with Crippen LogP contribution in [0.5, 0.6) is 0 Å². The molecule has 100 valence electrons. The van der Waals surface area contributed by atoms with Crippen LogP contribution in [0.1, 0.15) is 61.2 Å². The van der Waals surface area contributed by atoms with Crippen molar-refractivity contribution in [2.24, 2.45) is 0 Å². The quantitative estimate of drug-likeness (QED) is 0.659. The van der Waals surface area contributed by atoms with Crippen molar-refractivity contribution < 1.29 is 9.21 Å². The number of nitrogens with two attached hydrogens (primary N) is 1. The highest BCUT2D eigenvalue weighted by Gasteiger charge is 2.22. The largest absolute Gasteiger partial charge is 0.438 e. The summed E-state index contributed by atoms with van der Waals surface area (Å²) in [5, 5.41) is 0. The summed E-state index contributed by atoms with van der Waals surface area (Å²) in [5.74, 6) is 1.18. The van der Waals surface area contributed by atoms with Crippen LogP contribution < -0.4 is 5.73 Å². The van der Waals surface area contributed by atoms with Gasteiger partial charge in [0.15, 0.2) is 17.3 Å². The van der Waals surface area contributed by atoms with E-state index < -0.39 is 0 Å². The van der Waals surface area contributed by atoms with Crippen molar-refractivity contribution in [3.8, 4) is 0 Å². The number of ketones is 1. The Balaban J connectivity index is 2.04. The summed E-state index contributed by atoms with van der Waals surface area (Å²) in [7, 11) is 0. The molecule has 1 aliphatic rings. The third-order valence-corrected chi connectivity index (χ3v) is 3.90. The van der Waals surface area contributed by atoms with Crippen LogP contribution in [-0.2, 0) is 0 Å². The first-order chi connectivity index (χ1) is 9.15. The number of fused-ring (bicyclic) bond motifs is 1. The summed E-state index contributed by atoms with van der Waals surface area (Å²) in [4.78, 5) is 16.0. The van der Waals surface area contributed by atoms with Crippen LogP contribution >= 0.6 is 0 Å². The first kappa shape index (κ1) is 12.2. The molecule has 2 N–H and O–H groups in total. The second kappa shape index (κ2) is 4.68. The number of Topliss-reactive ketones (excluding diaryl/α,β-unsaturated/α-hetero) is 1. The molecule has 0 amide bonds. The highest BCUT2D eigenvalue weighted by molar-refractivity contribution is 6.00. The smallest absolute Gasteiger partial charge is 0.198 e. The van der Waals surface area contributed by atoms with Gasteiger partial charge < -0.3 is 10.2 Å². The van der Waals surface area contributed by atoms with E-state index in [2.05, 4.69) is 4.98 Å². The lowest BCUT2D eigenvalue weighted by Crippen LogP contribution is -2.04. The van der Waals surface area contributed by atoms with Gasteiger partial charge in [-0.1, -0.05) is 19.3 Å². The van der Waals surface area contributed by atoms with Crippen LogP contribution in [0, 0.1) is 0 Å². The number of hydrogen-bond donors (Lipinski definition) is 1. The molecule has 1 fully saturated rings. The number of benzene rings is 1. The number of hydrogen-bond acceptors (Lipinski definition) is 4. The fourth-order valence-corrected chi connectivity index (χ4v) is 2.80. The molecule has 1 aromatic carbocycles. The lowest BCUT2D eigenvalue weighted by molar-refractivity contribution is 0.101. The first-order valence-corrected chi connectivity index (χ1v) is 6.86. The van der Waals surface area contributed by atoms with Gasteiger partial charge in [-0.3, -0.25) is 4.79 Å². The Labute approximate surface area is 112 Å². The molecule has 4 heteroatoms. The van der Waals surface area contributed by atoms with Crippen molar-refractivity contribution in [2.45, 2.75) is 44.9 Å². The van der Waals surface area contributed by atoms with E-state index in [0.29, 0.717) is 28.3 Å². The van der Waals surface area contributed by atoms with Gasteiger partial charge in [0.1, 0.15) is 5.52 Å². The molecule has 2 aromatic rings. The zero-order valence-electron chi connectivity index (χ0n) is 11.1. The van der Waals surface area contributed by atoms with Crippen LogP contribution in [0.3, 0.4) is 0 Å². The summed E-state index contributed by atoms with van der Waals surface area (Å²) < 4.78 is 5.83. The number of aromatic nitrogens is 1. The van der Waals surface area contributed by atoms with Crippen molar-refractivity contribution in [3.63, 3.8) is 0 Å². The molecule has 19 heavy (non-hydrogen) atoms. The van der Waals surface area contributed by atoms with Gasteiger partial charge in [-0.05, 0) is 31.9 Å². The lowest BCUT2D eigenvalue weighted by Gasteiger charge is -2.17. The van der Waals surface area contributed by atoms with E-state index in [1.54, 1.807) is 12.1 Å². The number of carbonyl (C=O) groups excluding carboxylic acids is 1. The molecule has 0 aliphatic heterocycles. The Bertz CT molecular complexity index is 624. The van der Waals surface area contributed by atoms with Gasteiger partial charge in [-0.15, -0.1) is 0 Å². The second-order valence-electron chi connectivity index (χ2n) is 5.36. The minimum atomic E-state index is -0.00387. The van der Waals surface area contributed by atoms with E-state index in [4.69, 9.17) is 10.2 Å². The van der Waals surface area contributed by atoms with Crippen molar-refractivity contribution in [2.75, 3.05) is 5.73 Å². The van der Waals surface area contributed by atoms with Gasteiger partial charge in [-0.25, -0.2) is 4.98 Å². The van der Waals surface area contributed by atoms with Crippen LogP contribution in [0.4, 0.5) is 5.69 Å². The molecule has 0 bridgehead atoms. The number of carbonyl (C=O) groups is 1. The minimum absolute atomic E-state index is 0.00387. The van der Waals surface area contributed by atoms with Crippen LogP contribution in [0.2, 0.25) is 0 Å². The standard InChI is InChI=1S/C15H18N2O2/c1-9(18)11-7-12(16)14-13(8-11)17-15(19-14)10-5-3-2-4-6-10/h7-8,10H,2-6,16H2,1H3. The molecule has 1 aromatic heterocycles. The van der Waals surface area contributed by atoms with Crippen molar-refractivity contribution >= 4 is 22.6 Å². The predicted octanol–water partition coefficient (Wildman–Crippen LogP) is 3.66. The fourth-order valence-electron chi connectivity index (χ4n) is 2.80. The lowest BCUT2D eigenvalue weighted by atomic mass is 9.89. The SMILES string of the molecule is CC(=O)c1cc(N)c2oc(C3CCCCC3)nc2c1. The summed E-state index contributed by atoms with van der Waals surface area (Å²) in [5.41, 5.74) is 8.36. The molecule has 1 heterocycles. The fraction of sp³-hybridized carbons (Fsp3) is 0.467. The maximum atomic E-state index is 11.4. The van der Waals surface area contributed by atoms with Crippen LogP contribution in [0.25, 0.3) is 11.1 Å². The molecule has 0 unspecified atom stereocenters. The van der Waals surface area contributed by atoms with Gasteiger partial charge in [0.2, 0.25) is 0 Å². The molecular weight excluding hydrogens is 240 g/mol. The molecule has 4 nitrogen and oxygen atoms in total. The number of rotatable bonds is 2. The molecular formula is C15H18N2O2. The molecule has 1 saturated carbocycles. The van der Waals surface area contributed by atoms with E-state index >= 15 is 0 Å². The van der Waals surface area contributed by atoms with Gasteiger partial charge in [-0.2, -0.15) is 0 Å². The van der Waals surface area contributed by atoms with Crippen LogP contribution in [-0.4, -0.2) is 10.8 Å². The minimum Gasteiger partial charge on any atom is -0.438 e. The van der Waals surface area contributed by atoms with E-state index in [1.165, 1.54) is 26.2 Å². The van der Waals surface area contributed by atoms with Crippen molar-refractivity contribution in [3.05, 3.63) is 23.6 Å². The van der Waals surface area contributed by atoms with E-state index in [1.807, 2.05) is 0 Å². The summed E-state index contributed by atoms with van der Waals surface area (Å²) in [6.07, 6.45) is 6.03. The molecule has 1 aliphatic carbocycles. The number of anilines is 1.